The lowest BCUT2D eigenvalue weighted by Gasteiger charge is -2.09. The number of carbonyl (C=O) groups is 2. The zero-order chi connectivity index (χ0) is 12.8. The van der Waals surface area contributed by atoms with Crippen LogP contribution in [0.4, 0.5) is 5.69 Å². The molecule has 0 aliphatic rings. The Kier molecular flexibility index (Phi) is 4.41. The molecule has 88 valence electrons. The summed E-state index contributed by atoms with van der Waals surface area (Å²) < 4.78 is 0. The van der Waals surface area contributed by atoms with Crippen LogP contribution in [0.3, 0.4) is 0 Å². The molecule has 0 aromatic heterocycles. The number of rotatable bonds is 4. The molecule has 17 heavy (non-hydrogen) atoms. The van der Waals surface area contributed by atoms with Gasteiger partial charge < -0.3 is 5.32 Å². The molecule has 0 bridgehead atoms. The largest absolute Gasteiger partial charge is 0.326 e. The van der Waals surface area contributed by atoms with Crippen LogP contribution in [-0.4, -0.2) is 11.7 Å². The summed E-state index contributed by atoms with van der Waals surface area (Å²) >= 11 is 0. The summed E-state index contributed by atoms with van der Waals surface area (Å²) in [4.78, 5) is 22.4. The third kappa shape index (κ3) is 4.07. The molecule has 0 saturated heterocycles. The number of nitrogens with zero attached hydrogens (tertiary/aromatic N) is 1. The van der Waals surface area contributed by atoms with Crippen LogP contribution < -0.4 is 5.32 Å². The fraction of sp³-hybridized carbons (Fsp3) is 0.308. The summed E-state index contributed by atoms with van der Waals surface area (Å²) in [5, 5.41) is 11.1. The molecule has 0 fully saturated rings. The zero-order valence-electron chi connectivity index (χ0n) is 9.91. The third-order valence-electron chi connectivity index (χ3n) is 2.24. The average molecular weight is 230 g/mol. The number of benzene rings is 1. The summed E-state index contributed by atoms with van der Waals surface area (Å²) in [6.07, 6.45) is 0.0678. The van der Waals surface area contributed by atoms with E-state index in [4.69, 9.17) is 5.26 Å². The van der Waals surface area contributed by atoms with Gasteiger partial charge in [0.1, 0.15) is 0 Å². The predicted molar refractivity (Wildman–Crippen MR) is 64.4 cm³/mol. The number of hydrogen-bond acceptors (Lipinski definition) is 3. The van der Waals surface area contributed by atoms with Crippen LogP contribution in [0.15, 0.2) is 18.2 Å². The number of carbonyl (C=O) groups excluding carboxylic acids is 2. The first kappa shape index (κ1) is 12.9. The first-order valence-corrected chi connectivity index (χ1v) is 5.28. The van der Waals surface area contributed by atoms with Crippen molar-refractivity contribution < 1.29 is 9.59 Å². The van der Waals surface area contributed by atoms with Gasteiger partial charge >= 0.3 is 0 Å². The third-order valence-corrected chi connectivity index (χ3v) is 2.24. The second-order valence-corrected chi connectivity index (χ2v) is 3.89. The molecule has 1 amide bonds. The molecule has 0 aliphatic carbocycles. The fourth-order valence-electron chi connectivity index (χ4n) is 1.54. The minimum Gasteiger partial charge on any atom is -0.326 e. The van der Waals surface area contributed by atoms with E-state index in [1.807, 2.05) is 25.1 Å². The van der Waals surface area contributed by atoms with Crippen LogP contribution in [-0.2, 0) is 16.0 Å². The number of ketones is 1. The van der Waals surface area contributed by atoms with Gasteiger partial charge in [-0.3, -0.25) is 9.59 Å². The lowest BCUT2D eigenvalue weighted by molar-refractivity contribution is -0.117. The number of Topliss-reactive ketones (excluding diaryl/α,β-unsaturated/α-hetero) is 1. The number of hydrogen-bond donors (Lipinski definition) is 1. The van der Waals surface area contributed by atoms with Crippen LogP contribution >= 0.6 is 0 Å². The van der Waals surface area contributed by atoms with Gasteiger partial charge in [-0.1, -0.05) is 17.7 Å². The number of amides is 1. The maximum absolute atomic E-state index is 11.4. The van der Waals surface area contributed by atoms with Gasteiger partial charge in [0.25, 0.3) is 0 Å². The Labute approximate surface area is 100 Å². The number of anilines is 1. The molecular weight excluding hydrogens is 216 g/mol. The second kappa shape index (κ2) is 5.80. The van der Waals surface area contributed by atoms with E-state index in [9.17, 15) is 9.59 Å². The van der Waals surface area contributed by atoms with Crippen molar-refractivity contribution in [3.8, 4) is 6.07 Å². The minimum absolute atomic E-state index is 0.104. The van der Waals surface area contributed by atoms with E-state index in [1.54, 1.807) is 6.07 Å². The van der Waals surface area contributed by atoms with E-state index in [1.165, 1.54) is 6.92 Å². The van der Waals surface area contributed by atoms with Gasteiger partial charge in [0.05, 0.1) is 12.5 Å². The quantitative estimate of drug-likeness (QED) is 0.859. The molecule has 0 aliphatic heterocycles. The van der Waals surface area contributed by atoms with Gasteiger partial charge in [0.15, 0.2) is 5.78 Å². The Hall–Kier alpha value is -2.15. The monoisotopic (exact) mass is 230 g/mol. The molecule has 1 aromatic rings. The molecule has 4 nitrogen and oxygen atoms in total. The molecule has 0 spiro atoms. The number of aryl methyl sites for hydroxylation is 1. The number of nitriles is 1. The highest BCUT2D eigenvalue weighted by Gasteiger charge is 2.09. The standard InChI is InChI=1S/C13H14N2O2/c1-9-3-4-13(15-10(2)16)11(7-9)8-12(17)5-6-14/h3-4,7H,5,8H2,1-2H3,(H,15,16). The van der Waals surface area contributed by atoms with Crippen LogP contribution in [0.5, 0.6) is 0 Å². The summed E-state index contributed by atoms with van der Waals surface area (Å²) in [6, 6.07) is 7.31. The lowest BCUT2D eigenvalue weighted by Crippen LogP contribution is -2.10. The van der Waals surface area contributed by atoms with Gasteiger partial charge in [-0.2, -0.15) is 5.26 Å². The molecule has 0 saturated carbocycles. The van der Waals surface area contributed by atoms with Crippen molar-refractivity contribution in [3.63, 3.8) is 0 Å². The number of nitrogens with one attached hydrogen (secondary N) is 1. The molecule has 1 N–H and O–H groups in total. The summed E-state index contributed by atoms with van der Waals surface area (Å²) in [5.74, 6) is -0.326. The highest BCUT2D eigenvalue weighted by molar-refractivity contribution is 5.91. The zero-order valence-corrected chi connectivity index (χ0v) is 9.91. The van der Waals surface area contributed by atoms with Crippen LogP contribution in [0.25, 0.3) is 0 Å². The summed E-state index contributed by atoms with van der Waals surface area (Å²) in [5.41, 5.74) is 2.40. The Balaban J connectivity index is 2.95. The minimum atomic E-state index is -0.178. The second-order valence-electron chi connectivity index (χ2n) is 3.89. The van der Waals surface area contributed by atoms with Gasteiger partial charge in [-0.25, -0.2) is 0 Å². The van der Waals surface area contributed by atoms with Crippen LogP contribution in [0, 0.1) is 18.3 Å². The van der Waals surface area contributed by atoms with Crippen molar-refractivity contribution in [3.05, 3.63) is 29.3 Å². The fourth-order valence-corrected chi connectivity index (χ4v) is 1.54. The van der Waals surface area contributed by atoms with Crippen molar-refractivity contribution >= 4 is 17.4 Å². The van der Waals surface area contributed by atoms with E-state index in [2.05, 4.69) is 5.32 Å². The smallest absolute Gasteiger partial charge is 0.221 e. The normalized spacial score (nSPS) is 9.47. The molecular formula is C13H14N2O2. The lowest BCUT2D eigenvalue weighted by atomic mass is 10.0. The first-order chi connectivity index (χ1) is 8.02. The Morgan fingerprint density at radius 2 is 2.12 bits per heavy atom. The van der Waals surface area contributed by atoms with Crippen LogP contribution in [0.1, 0.15) is 24.5 Å². The molecule has 0 heterocycles. The molecule has 0 unspecified atom stereocenters. The van der Waals surface area contributed by atoms with Crippen molar-refractivity contribution in [1.29, 1.82) is 5.26 Å². The van der Waals surface area contributed by atoms with Gasteiger partial charge in [0, 0.05) is 19.0 Å². The molecule has 4 heteroatoms. The average Bonchev–Trinajstić information content (AvgIpc) is 2.22. The van der Waals surface area contributed by atoms with Gasteiger partial charge in [-0.15, -0.1) is 0 Å². The van der Waals surface area contributed by atoms with E-state index in [0.29, 0.717) is 5.69 Å². The Morgan fingerprint density at radius 3 is 2.71 bits per heavy atom. The Morgan fingerprint density at radius 1 is 1.41 bits per heavy atom. The van der Waals surface area contributed by atoms with Crippen molar-refractivity contribution in [2.24, 2.45) is 0 Å². The SMILES string of the molecule is CC(=O)Nc1ccc(C)cc1CC(=O)CC#N. The molecule has 0 radical (unpaired) electrons. The summed E-state index contributed by atoms with van der Waals surface area (Å²) in [6.45, 7) is 3.33. The van der Waals surface area contributed by atoms with E-state index < -0.39 is 0 Å². The maximum atomic E-state index is 11.4. The van der Waals surface area contributed by atoms with E-state index in [0.717, 1.165) is 11.1 Å². The van der Waals surface area contributed by atoms with E-state index >= 15 is 0 Å². The predicted octanol–water partition coefficient (Wildman–Crippen LogP) is 1.98. The topological polar surface area (TPSA) is 70.0 Å². The molecule has 0 atom stereocenters. The Bertz CT molecular complexity index is 487. The molecule has 1 aromatic carbocycles. The van der Waals surface area contributed by atoms with Crippen LogP contribution in [0.2, 0.25) is 0 Å². The highest BCUT2D eigenvalue weighted by atomic mass is 16.1. The first-order valence-electron chi connectivity index (χ1n) is 5.28. The van der Waals surface area contributed by atoms with Gasteiger partial charge in [0.2, 0.25) is 5.91 Å². The van der Waals surface area contributed by atoms with E-state index in [-0.39, 0.29) is 24.5 Å². The molecule has 1 rings (SSSR count). The summed E-state index contributed by atoms with van der Waals surface area (Å²) in [7, 11) is 0. The maximum Gasteiger partial charge on any atom is 0.221 e. The highest BCUT2D eigenvalue weighted by Crippen LogP contribution is 2.18. The van der Waals surface area contributed by atoms with Gasteiger partial charge in [-0.05, 0) is 18.6 Å². The van der Waals surface area contributed by atoms with Crippen molar-refractivity contribution in [1.82, 2.24) is 0 Å². The van der Waals surface area contributed by atoms with Crippen molar-refractivity contribution in [2.45, 2.75) is 26.7 Å². The van der Waals surface area contributed by atoms with Crippen molar-refractivity contribution in [2.75, 3.05) is 5.32 Å².